The lowest BCUT2D eigenvalue weighted by Crippen LogP contribution is -2.31. The van der Waals surface area contributed by atoms with Gasteiger partial charge in [-0.3, -0.25) is 15.0 Å². The molecular weight excluding hydrogens is 290 g/mol. The van der Waals surface area contributed by atoms with Crippen LogP contribution in [-0.2, 0) is 6.54 Å². The summed E-state index contributed by atoms with van der Waals surface area (Å²) in [4.78, 5) is 26.1. The van der Waals surface area contributed by atoms with Crippen LogP contribution in [0.1, 0.15) is 22.2 Å². The number of amides is 1. The summed E-state index contributed by atoms with van der Waals surface area (Å²) in [6.45, 7) is 3.02. The first-order valence-corrected chi connectivity index (χ1v) is 7.30. The number of nitrogens with two attached hydrogens (primary N) is 1. The smallest absolute Gasteiger partial charge is 0.275 e. The van der Waals surface area contributed by atoms with Crippen molar-refractivity contribution in [3.63, 3.8) is 0 Å². The van der Waals surface area contributed by atoms with Crippen molar-refractivity contribution >= 4 is 22.9 Å². The van der Waals surface area contributed by atoms with Crippen molar-refractivity contribution in [1.29, 1.82) is 0 Å². The predicted molar refractivity (Wildman–Crippen MR) is 82.5 cm³/mol. The zero-order chi connectivity index (χ0) is 15.4. The summed E-state index contributed by atoms with van der Waals surface area (Å²) in [5.74, 6) is 4.78. The minimum absolute atomic E-state index is 0.210. The van der Waals surface area contributed by atoms with Crippen LogP contribution in [0.4, 0.5) is 5.69 Å². The van der Waals surface area contributed by atoms with Gasteiger partial charge in [0.1, 0.15) is 0 Å². The van der Waals surface area contributed by atoms with E-state index in [1.165, 1.54) is 22.1 Å². The van der Waals surface area contributed by atoms with Gasteiger partial charge in [0.05, 0.1) is 23.3 Å². The Morgan fingerprint density at radius 1 is 1.57 bits per heavy atom. The van der Waals surface area contributed by atoms with Gasteiger partial charge in [0.25, 0.3) is 11.5 Å². The Morgan fingerprint density at radius 2 is 2.33 bits per heavy atom. The highest BCUT2D eigenvalue weighted by Gasteiger charge is 2.13. The Kier molecular flexibility index (Phi) is 4.71. The molecule has 0 spiro atoms. The second-order valence-electron chi connectivity index (χ2n) is 4.47. The van der Waals surface area contributed by atoms with Crippen molar-refractivity contribution in [2.75, 3.05) is 18.5 Å². The fraction of sp³-hybridized carbons (Fsp3) is 0.308. The summed E-state index contributed by atoms with van der Waals surface area (Å²) in [6.07, 6.45) is 1.64. The molecule has 2 heterocycles. The molecule has 0 bridgehead atoms. The van der Waals surface area contributed by atoms with Crippen LogP contribution in [0.15, 0.2) is 28.5 Å². The highest BCUT2D eigenvalue weighted by Crippen LogP contribution is 2.17. The van der Waals surface area contributed by atoms with Crippen LogP contribution < -0.4 is 21.7 Å². The number of hydrogen-bond acceptors (Lipinski definition) is 6. The summed E-state index contributed by atoms with van der Waals surface area (Å²) in [6, 6.07) is 3.32. The second kappa shape index (κ2) is 6.51. The minimum Gasteiger partial charge on any atom is -0.373 e. The van der Waals surface area contributed by atoms with Crippen LogP contribution in [-0.4, -0.2) is 29.3 Å². The molecule has 0 saturated heterocycles. The van der Waals surface area contributed by atoms with Crippen molar-refractivity contribution < 1.29 is 4.79 Å². The second-order valence-corrected chi connectivity index (χ2v) is 5.39. The van der Waals surface area contributed by atoms with Crippen LogP contribution in [0.3, 0.4) is 0 Å². The summed E-state index contributed by atoms with van der Waals surface area (Å²) in [5.41, 5.74) is 3.37. The van der Waals surface area contributed by atoms with Crippen molar-refractivity contribution in [2.45, 2.75) is 13.5 Å². The number of thiophene rings is 1. The molecule has 2 rings (SSSR count). The molecule has 0 radical (unpaired) electrons. The molecule has 0 aliphatic carbocycles. The first kappa shape index (κ1) is 15.2. The largest absolute Gasteiger partial charge is 0.373 e. The molecule has 0 fully saturated rings. The Morgan fingerprint density at radius 3 is 2.95 bits per heavy atom. The van der Waals surface area contributed by atoms with Crippen molar-refractivity contribution in [2.24, 2.45) is 5.84 Å². The molecule has 8 heteroatoms. The van der Waals surface area contributed by atoms with E-state index in [9.17, 15) is 9.59 Å². The SMILES string of the molecule is CCN(C)c1cnn(Cc2ccsc2C(=O)NN)c(=O)c1. The van der Waals surface area contributed by atoms with E-state index in [0.717, 1.165) is 12.2 Å². The van der Waals surface area contributed by atoms with E-state index in [1.807, 2.05) is 18.9 Å². The number of aromatic nitrogens is 2. The average Bonchev–Trinajstić information content (AvgIpc) is 2.95. The van der Waals surface area contributed by atoms with Crippen molar-refractivity contribution in [1.82, 2.24) is 15.2 Å². The monoisotopic (exact) mass is 307 g/mol. The number of hydrazine groups is 1. The van der Waals surface area contributed by atoms with Gasteiger partial charge in [0.2, 0.25) is 0 Å². The van der Waals surface area contributed by atoms with E-state index in [0.29, 0.717) is 10.4 Å². The van der Waals surface area contributed by atoms with E-state index in [-0.39, 0.29) is 18.0 Å². The standard InChI is InChI=1S/C13H17N5O2S/c1-3-17(2)10-6-11(19)18(15-7-10)8-9-4-5-21-12(9)13(20)16-14/h4-7H,3,8,14H2,1-2H3,(H,16,20). The van der Waals surface area contributed by atoms with Gasteiger partial charge in [-0.15, -0.1) is 11.3 Å². The molecule has 0 saturated carbocycles. The summed E-state index contributed by atoms with van der Waals surface area (Å²) < 4.78 is 1.32. The number of carbonyl (C=O) groups excluding carboxylic acids is 1. The van der Waals surface area contributed by atoms with Crippen LogP contribution in [0.5, 0.6) is 0 Å². The Labute approximate surface area is 126 Å². The van der Waals surface area contributed by atoms with E-state index in [1.54, 1.807) is 17.6 Å². The lowest BCUT2D eigenvalue weighted by molar-refractivity contribution is 0.0956. The maximum Gasteiger partial charge on any atom is 0.275 e. The maximum atomic E-state index is 12.1. The average molecular weight is 307 g/mol. The van der Waals surface area contributed by atoms with Crippen LogP contribution >= 0.6 is 11.3 Å². The Hall–Kier alpha value is -2.19. The van der Waals surface area contributed by atoms with E-state index >= 15 is 0 Å². The highest BCUT2D eigenvalue weighted by molar-refractivity contribution is 7.12. The van der Waals surface area contributed by atoms with Crippen LogP contribution in [0.2, 0.25) is 0 Å². The Balaban J connectivity index is 2.27. The topological polar surface area (TPSA) is 93.2 Å². The van der Waals surface area contributed by atoms with Crippen molar-refractivity contribution in [3.8, 4) is 0 Å². The van der Waals surface area contributed by atoms with Gasteiger partial charge in [-0.05, 0) is 23.9 Å². The summed E-state index contributed by atoms with van der Waals surface area (Å²) in [7, 11) is 1.89. The molecule has 21 heavy (non-hydrogen) atoms. The number of rotatable bonds is 5. The van der Waals surface area contributed by atoms with Gasteiger partial charge in [0.15, 0.2) is 0 Å². The number of carbonyl (C=O) groups is 1. The van der Waals surface area contributed by atoms with Gasteiger partial charge in [-0.25, -0.2) is 10.5 Å². The normalized spacial score (nSPS) is 10.4. The van der Waals surface area contributed by atoms with Gasteiger partial charge in [-0.2, -0.15) is 5.10 Å². The molecule has 0 aromatic carbocycles. The van der Waals surface area contributed by atoms with E-state index in [2.05, 4.69) is 10.5 Å². The maximum absolute atomic E-state index is 12.1. The van der Waals surface area contributed by atoms with Gasteiger partial charge in [-0.1, -0.05) is 0 Å². The zero-order valence-corrected chi connectivity index (χ0v) is 12.7. The molecule has 112 valence electrons. The molecule has 0 aliphatic heterocycles. The minimum atomic E-state index is -0.365. The fourth-order valence-electron chi connectivity index (χ4n) is 1.82. The van der Waals surface area contributed by atoms with E-state index in [4.69, 9.17) is 5.84 Å². The third-order valence-corrected chi connectivity index (χ3v) is 4.13. The lowest BCUT2D eigenvalue weighted by Gasteiger charge is -2.16. The highest BCUT2D eigenvalue weighted by atomic mass is 32.1. The summed E-state index contributed by atoms with van der Waals surface area (Å²) >= 11 is 1.28. The molecule has 1 amide bonds. The number of nitrogens with one attached hydrogen (secondary N) is 1. The zero-order valence-electron chi connectivity index (χ0n) is 11.9. The number of nitrogens with zero attached hydrogens (tertiary/aromatic N) is 3. The first-order chi connectivity index (χ1) is 10.1. The predicted octanol–water partition coefficient (Wildman–Crippen LogP) is 0.413. The quantitative estimate of drug-likeness (QED) is 0.474. The number of anilines is 1. The molecule has 0 atom stereocenters. The molecule has 0 unspecified atom stereocenters. The van der Waals surface area contributed by atoms with E-state index < -0.39 is 0 Å². The van der Waals surface area contributed by atoms with Gasteiger partial charge in [0, 0.05) is 19.7 Å². The van der Waals surface area contributed by atoms with Crippen LogP contribution in [0.25, 0.3) is 0 Å². The molecule has 3 N–H and O–H groups in total. The van der Waals surface area contributed by atoms with Crippen LogP contribution in [0, 0.1) is 0 Å². The fourth-order valence-corrected chi connectivity index (χ4v) is 2.64. The lowest BCUT2D eigenvalue weighted by atomic mass is 10.2. The number of hydrogen-bond donors (Lipinski definition) is 2. The molecular formula is C13H17N5O2S. The van der Waals surface area contributed by atoms with Crippen molar-refractivity contribution in [3.05, 3.63) is 44.5 Å². The molecule has 0 aliphatic rings. The molecule has 2 aromatic rings. The Bertz CT molecular complexity index is 694. The first-order valence-electron chi connectivity index (χ1n) is 6.42. The third-order valence-electron chi connectivity index (χ3n) is 3.17. The van der Waals surface area contributed by atoms with Gasteiger partial charge < -0.3 is 4.90 Å². The molecule has 7 nitrogen and oxygen atoms in total. The number of nitrogen functional groups attached to an aromatic ring is 1. The molecule has 2 aromatic heterocycles. The van der Waals surface area contributed by atoms with Gasteiger partial charge >= 0.3 is 0 Å². The third kappa shape index (κ3) is 3.29. The summed E-state index contributed by atoms with van der Waals surface area (Å²) in [5, 5.41) is 5.93.